The molecule has 1 rings (SSSR count). The highest BCUT2D eigenvalue weighted by atomic mass is 32.2. The number of hydrogen-bond acceptors (Lipinski definition) is 3. The Morgan fingerprint density at radius 2 is 1.94 bits per heavy atom. The maximum atomic E-state index is 11.0. The summed E-state index contributed by atoms with van der Waals surface area (Å²) in [5.41, 5.74) is 8.32. The number of sulfone groups is 1. The monoisotopic (exact) mass is 241 g/mol. The zero-order valence-corrected chi connectivity index (χ0v) is 10.6. The van der Waals surface area contributed by atoms with Crippen molar-refractivity contribution in [1.82, 2.24) is 0 Å². The number of rotatable bonds is 5. The molecule has 4 heteroatoms. The molecule has 0 heterocycles. The van der Waals surface area contributed by atoms with Crippen molar-refractivity contribution < 1.29 is 8.42 Å². The van der Waals surface area contributed by atoms with Gasteiger partial charge >= 0.3 is 0 Å². The third kappa shape index (κ3) is 4.77. The van der Waals surface area contributed by atoms with Crippen LogP contribution in [0.15, 0.2) is 24.3 Å². The zero-order chi connectivity index (χ0) is 12.2. The first-order valence-electron chi connectivity index (χ1n) is 5.36. The summed E-state index contributed by atoms with van der Waals surface area (Å²) in [6.07, 6.45) is 2.50. The quantitative estimate of drug-likeness (QED) is 0.845. The average molecular weight is 241 g/mol. The third-order valence-corrected chi connectivity index (χ3v) is 3.58. The number of hydrogen-bond donors (Lipinski definition) is 1. The molecule has 1 aromatic carbocycles. The lowest BCUT2D eigenvalue weighted by atomic mass is 10.0. The van der Waals surface area contributed by atoms with Crippen molar-refractivity contribution in [2.45, 2.75) is 25.8 Å². The smallest absolute Gasteiger partial charge is 0.147 e. The molecule has 1 aromatic rings. The van der Waals surface area contributed by atoms with Gasteiger partial charge in [-0.15, -0.1) is 0 Å². The molecule has 0 aliphatic rings. The average Bonchev–Trinajstić information content (AvgIpc) is 2.18. The Morgan fingerprint density at radius 1 is 1.31 bits per heavy atom. The van der Waals surface area contributed by atoms with Crippen LogP contribution in [0.3, 0.4) is 0 Å². The van der Waals surface area contributed by atoms with Crippen molar-refractivity contribution in [3.8, 4) is 0 Å². The van der Waals surface area contributed by atoms with E-state index in [-0.39, 0.29) is 11.8 Å². The minimum Gasteiger partial charge on any atom is -0.327 e. The summed E-state index contributed by atoms with van der Waals surface area (Å²) in [6, 6.07) is 7.96. The van der Waals surface area contributed by atoms with E-state index in [1.165, 1.54) is 17.4 Å². The summed E-state index contributed by atoms with van der Waals surface area (Å²) >= 11 is 0. The van der Waals surface area contributed by atoms with Crippen molar-refractivity contribution in [1.29, 1.82) is 0 Å². The fourth-order valence-corrected chi connectivity index (χ4v) is 2.32. The molecule has 16 heavy (non-hydrogen) atoms. The molecule has 0 aliphatic heterocycles. The lowest BCUT2D eigenvalue weighted by molar-refractivity contribution is 0.585. The van der Waals surface area contributed by atoms with Crippen molar-refractivity contribution in [3.05, 3.63) is 35.4 Å². The van der Waals surface area contributed by atoms with Crippen LogP contribution in [-0.4, -0.2) is 26.5 Å². The van der Waals surface area contributed by atoms with Crippen molar-refractivity contribution >= 4 is 9.84 Å². The molecule has 0 radical (unpaired) electrons. The van der Waals surface area contributed by atoms with Gasteiger partial charge in [-0.1, -0.05) is 24.3 Å². The fraction of sp³-hybridized carbons (Fsp3) is 0.500. The summed E-state index contributed by atoms with van der Waals surface area (Å²) in [5.74, 6) is 0.167. The van der Waals surface area contributed by atoms with E-state index in [4.69, 9.17) is 5.73 Å². The molecule has 90 valence electrons. The standard InChI is InChI=1S/C12H19NO2S/c1-10-5-3-4-6-11(10)9-12(13)7-8-16(2,14)15/h3-6,12H,7-9,13H2,1-2H3. The van der Waals surface area contributed by atoms with Gasteiger partial charge in [0.25, 0.3) is 0 Å². The second kappa shape index (κ2) is 5.46. The first-order chi connectivity index (χ1) is 7.38. The van der Waals surface area contributed by atoms with Crippen LogP contribution in [0.25, 0.3) is 0 Å². The van der Waals surface area contributed by atoms with Crippen LogP contribution in [0.2, 0.25) is 0 Å². The highest BCUT2D eigenvalue weighted by Crippen LogP contribution is 2.10. The molecule has 0 aromatic heterocycles. The fourth-order valence-electron chi connectivity index (χ4n) is 1.59. The van der Waals surface area contributed by atoms with E-state index >= 15 is 0 Å². The maximum absolute atomic E-state index is 11.0. The van der Waals surface area contributed by atoms with Gasteiger partial charge in [0.2, 0.25) is 0 Å². The molecule has 1 unspecified atom stereocenters. The number of nitrogens with two attached hydrogens (primary N) is 1. The van der Waals surface area contributed by atoms with Gasteiger partial charge in [0, 0.05) is 12.3 Å². The van der Waals surface area contributed by atoms with Gasteiger partial charge in [0.1, 0.15) is 9.84 Å². The number of aryl methyl sites for hydroxylation is 1. The Hall–Kier alpha value is -0.870. The molecule has 0 saturated carbocycles. The van der Waals surface area contributed by atoms with Crippen LogP contribution < -0.4 is 5.73 Å². The van der Waals surface area contributed by atoms with E-state index < -0.39 is 9.84 Å². The minimum absolute atomic E-state index is 0.0872. The Bertz CT molecular complexity index is 440. The van der Waals surface area contributed by atoms with Gasteiger partial charge in [0.15, 0.2) is 0 Å². The van der Waals surface area contributed by atoms with Crippen LogP contribution in [0.5, 0.6) is 0 Å². The molecule has 0 amide bonds. The maximum Gasteiger partial charge on any atom is 0.147 e. The molecule has 3 nitrogen and oxygen atoms in total. The molecular weight excluding hydrogens is 222 g/mol. The molecule has 0 spiro atoms. The number of benzene rings is 1. The summed E-state index contributed by atoms with van der Waals surface area (Å²) in [7, 11) is -2.90. The lowest BCUT2D eigenvalue weighted by Gasteiger charge is -2.12. The Kier molecular flexibility index (Phi) is 4.50. The minimum atomic E-state index is -2.90. The van der Waals surface area contributed by atoms with E-state index in [0.29, 0.717) is 6.42 Å². The Balaban J connectivity index is 2.52. The van der Waals surface area contributed by atoms with Gasteiger partial charge < -0.3 is 5.73 Å². The van der Waals surface area contributed by atoms with E-state index in [2.05, 4.69) is 0 Å². The SMILES string of the molecule is Cc1ccccc1CC(N)CCS(C)(=O)=O. The van der Waals surface area contributed by atoms with Crippen molar-refractivity contribution in [2.75, 3.05) is 12.0 Å². The third-order valence-electron chi connectivity index (χ3n) is 2.60. The Morgan fingerprint density at radius 3 is 2.50 bits per heavy atom. The van der Waals surface area contributed by atoms with Gasteiger partial charge in [-0.25, -0.2) is 8.42 Å². The van der Waals surface area contributed by atoms with Crippen LogP contribution >= 0.6 is 0 Å². The largest absolute Gasteiger partial charge is 0.327 e. The predicted octanol–water partition coefficient (Wildman–Crippen LogP) is 1.30. The first-order valence-corrected chi connectivity index (χ1v) is 7.42. The summed E-state index contributed by atoms with van der Waals surface area (Å²) in [6.45, 7) is 2.04. The molecular formula is C12H19NO2S. The zero-order valence-electron chi connectivity index (χ0n) is 9.81. The van der Waals surface area contributed by atoms with Crippen LogP contribution in [0, 0.1) is 6.92 Å². The van der Waals surface area contributed by atoms with Crippen LogP contribution in [-0.2, 0) is 16.3 Å². The van der Waals surface area contributed by atoms with Crippen molar-refractivity contribution in [3.63, 3.8) is 0 Å². The topological polar surface area (TPSA) is 60.2 Å². The first kappa shape index (κ1) is 13.2. The molecule has 0 bridgehead atoms. The Labute approximate surface area is 97.6 Å². The normalized spacial score (nSPS) is 13.7. The van der Waals surface area contributed by atoms with E-state index in [9.17, 15) is 8.42 Å². The molecule has 0 aliphatic carbocycles. The van der Waals surface area contributed by atoms with E-state index in [0.717, 1.165) is 6.42 Å². The predicted molar refractivity (Wildman–Crippen MR) is 67.2 cm³/mol. The molecule has 1 atom stereocenters. The second-order valence-corrected chi connectivity index (χ2v) is 6.57. The molecule has 0 saturated heterocycles. The van der Waals surface area contributed by atoms with Gasteiger partial charge in [-0.2, -0.15) is 0 Å². The van der Waals surface area contributed by atoms with Gasteiger partial charge in [-0.3, -0.25) is 0 Å². The van der Waals surface area contributed by atoms with Gasteiger partial charge in [0.05, 0.1) is 5.75 Å². The summed E-state index contributed by atoms with van der Waals surface area (Å²) in [4.78, 5) is 0. The molecule has 0 fully saturated rings. The van der Waals surface area contributed by atoms with E-state index in [1.807, 2.05) is 31.2 Å². The highest BCUT2D eigenvalue weighted by molar-refractivity contribution is 7.90. The highest BCUT2D eigenvalue weighted by Gasteiger charge is 2.09. The van der Waals surface area contributed by atoms with Gasteiger partial charge in [-0.05, 0) is 30.9 Å². The van der Waals surface area contributed by atoms with Crippen LogP contribution in [0.1, 0.15) is 17.5 Å². The second-order valence-electron chi connectivity index (χ2n) is 4.31. The molecule has 2 N–H and O–H groups in total. The summed E-state index contributed by atoms with van der Waals surface area (Å²) < 4.78 is 22.0. The van der Waals surface area contributed by atoms with Crippen LogP contribution in [0.4, 0.5) is 0 Å². The van der Waals surface area contributed by atoms with E-state index in [1.54, 1.807) is 0 Å². The summed E-state index contributed by atoms with van der Waals surface area (Å²) in [5, 5.41) is 0. The lowest BCUT2D eigenvalue weighted by Crippen LogP contribution is -2.26. The van der Waals surface area contributed by atoms with Crippen molar-refractivity contribution in [2.24, 2.45) is 5.73 Å².